The summed E-state index contributed by atoms with van der Waals surface area (Å²) < 4.78 is 0. The van der Waals surface area contributed by atoms with Crippen LogP contribution in [-0.2, 0) is 9.59 Å². The molecule has 0 saturated carbocycles. The van der Waals surface area contributed by atoms with Gasteiger partial charge in [-0.25, -0.2) is 0 Å². The van der Waals surface area contributed by atoms with Crippen LogP contribution in [0.25, 0.3) is 0 Å². The number of carbonyl (C=O) groups is 2. The van der Waals surface area contributed by atoms with Crippen LogP contribution in [0, 0.1) is 0 Å². The number of carbonyl (C=O) groups excluding carboxylic acids is 2. The molecular formula is C13H26N2O2S. The standard InChI is InChI=1S/C13H26N2O2S/c1-5-7-8-15(10(3)6-2)13(17)12(9-18)14-11(4)16/h10,12,18H,5-9H2,1-4H3,(H,14,16). The largest absolute Gasteiger partial charge is 0.344 e. The van der Waals surface area contributed by atoms with Gasteiger partial charge in [-0.3, -0.25) is 9.59 Å². The maximum Gasteiger partial charge on any atom is 0.246 e. The van der Waals surface area contributed by atoms with E-state index >= 15 is 0 Å². The molecule has 2 unspecified atom stereocenters. The van der Waals surface area contributed by atoms with Gasteiger partial charge in [-0.05, 0) is 19.8 Å². The second kappa shape index (κ2) is 9.25. The molecule has 106 valence electrons. The van der Waals surface area contributed by atoms with E-state index in [0.717, 1.165) is 25.8 Å². The molecule has 0 aromatic carbocycles. The highest BCUT2D eigenvalue weighted by Crippen LogP contribution is 2.09. The lowest BCUT2D eigenvalue weighted by Crippen LogP contribution is -2.52. The van der Waals surface area contributed by atoms with Gasteiger partial charge in [-0.15, -0.1) is 0 Å². The monoisotopic (exact) mass is 274 g/mol. The first-order valence-corrected chi connectivity index (χ1v) is 7.29. The molecule has 0 fully saturated rings. The van der Waals surface area contributed by atoms with Crippen LogP contribution in [0.15, 0.2) is 0 Å². The minimum Gasteiger partial charge on any atom is -0.344 e. The molecule has 0 spiro atoms. The number of unbranched alkanes of at least 4 members (excludes halogenated alkanes) is 1. The lowest BCUT2D eigenvalue weighted by atomic mass is 10.1. The van der Waals surface area contributed by atoms with E-state index in [0.29, 0.717) is 5.75 Å². The molecule has 0 aliphatic heterocycles. The van der Waals surface area contributed by atoms with Gasteiger partial charge in [0.2, 0.25) is 11.8 Å². The summed E-state index contributed by atoms with van der Waals surface area (Å²) in [4.78, 5) is 25.3. The quantitative estimate of drug-likeness (QED) is 0.664. The SMILES string of the molecule is CCCCN(C(=O)C(CS)NC(C)=O)C(C)CC. The Labute approximate surface area is 116 Å². The van der Waals surface area contributed by atoms with Gasteiger partial charge in [0.15, 0.2) is 0 Å². The second-order valence-corrected chi connectivity index (χ2v) is 4.94. The molecule has 0 aliphatic carbocycles. The Morgan fingerprint density at radius 3 is 2.33 bits per heavy atom. The van der Waals surface area contributed by atoms with Crippen molar-refractivity contribution in [2.45, 2.75) is 59.0 Å². The maximum atomic E-state index is 12.4. The van der Waals surface area contributed by atoms with Crippen LogP contribution < -0.4 is 5.32 Å². The third-order valence-corrected chi connectivity index (χ3v) is 3.38. The first-order chi connectivity index (χ1) is 8.47. The third-order valence-electron chi connectivity index (χ3n) is 3.02. The fraction of sp³-hybridized carbons (Fsp3) is 0.846. The molecule has 0 aliphatic rings. The summed E-state index contributed by atoms with van der Waals surface area (Å²) in [7, 11) is 0. The molecule has 0 aromatic rings. The molecular weight excluding hydrogens is 248 g/mol. The molecule has 0 rings (SSSR count). The number of nitrogens with zero attached hydrogens (tertiary/aromatic N) is 1. The summed E-state index contributed by atoms with van der Waals surface area (Å²) in [6.07, 6.45) is 2.94. The smallest absolute Gasteiger partial charge is 0.246 e. The van der Waals surface area contributed by atoms with E-state index in [9.17, 15) is 9.59 Å². The summed E-state index contributed by atoms with van der Waals surface area (Å²) in [6, 6.07) is -0.322. The Hall–Kier alpha value is -0.710. The van der Waals surface area contributed by atoms with Gasteiger partial charge in [0.25, 0.3) is 0 Å². The number of nitrogens with one attached hydrogen (secondary N) is 1. The predicted octanol–water partition coefficient (Wildman–Crippen LogP) is 1.85. The fourth-order valence-corrected chi connectivity index (χ4v) is 1.98. The Morgan fingerprint density at radius 2 is 1.94 bits per heavy atom. The highest BCUT2D eigenvalue weighted by atomic mass is 32.1. The summed E-state index contributed by atoms with van der Waals surface area (Å²) in [5.74, 6) is 0.113. The number of thiol groups is 1. The van der Waals surface area contributed by atoms with Crippen molar-refractivity contribution in [3.05, 3.63) is 0 Å². The van der Waals surface area contributed by atoms with Crippen molar-refractivity contribution in [1.82, 2.24) is 10.2 Å². The molecule has 0 heterocycles. The van der Waals surface area contributed by atoms with E-state index in [-0.39, 0.29) is 17.9 Å². The van der Waals surface area contributed by atoms with Gasteiger partial charge in [0.1, 0.15) is 6.04 Å². The van der Waals surface area contributed by atoms with Gasteiger partial charge in [0, 0.05) is 25.3 Å². The van der Waals surface area contributed by atoms with Crippen LogP contribution in [0.5, 0.6) is 0 Å². The van der Waals surface area contributed by atoms with Crippen LogP contribution in [0.3, 0.4) is 0 Å². The summed E-state index contributed by atoms with van der Waals surface area (Å²) in [5.41, 5.74) is 0. The van der Waals surface area contributed by atoms with Gasteiger partial charge in [0.05, 0.1) is 0 Å². The molecule has 0 saturated heterocycles. The highest BCUT2D eigenvalue weighted by molar-refractivity contribution is 7.80. The number of hydrogen-bond donors (Lipinski definition) is 2. The normalized spacial score (nSPS) is 13.8. The topological polar surface area (TPSA) is 49.4 Å². The molecule has 5 heteroatoms. The molecule has 2 atom stereocenters. The molecule has 0 radical (unpaired) electrons. The Morgan fingerprint density at radius 1 is 1.33 bits per heavy atom. The summed E-state index contributed by atoms with van der Waals surface area (Å²) in [6.45, 7) is 8.36. The van der Waals surface area contributed by atoms with Crippen molar-refractivity contribution in [3.8, 4) is 0 Å². The number of rotatable bonds is 8. The Kier molecular flexibility index (Phi) is 8.89. The van der Waals surface area contributed by atoms with Crippen molar-refractivity contribution < 1.29 is 9.59 Å². The van der Waals surface area contributed by atoms with Crippen LogP contribution in [0.2, 0.25) is 0 Å². The lowest BCUT2D eigenvalue weighted by Gasteiger charge is -2.31. The lowest BCUT2D eigenvalue weighted by molar-refractivity contribution is -0.137. The third kappa shape index (κ3) is 5.76. The van der Waals surface area contributed by atoms with E-state index in [1.807, 2.05) is 11.8 Å². The minimum absolute atomic E-state index is 0.0250. The van der Waals surface area contributed by atoms with Crippen molar-refractivity contribution in [3.63, 3.8) is 0 Å². The van der Waals surface area contributed by atoms with E-state index in [4.69, 9.17) is 0 Å². The zero-order valence-electron chi connectivity index (χ0n) is 11.9. The van der Waals surface area contributed by atoms with Crippen molar-refractivity contribution in [2.75, 3.05) is 12.3 Å². The first kappa shape index (κ1) is 17.3. The number of amides is 2. The van der Waals surface area contributed by atoms with Crippen molar-refractivity contribution >= 4 is 24.4 Å². The average molecular weight is 274 g/mol. The van der Waals surface area contributed by atoms with Crippen LogP contribution in [-0.4, -0.2) is 41.1 Å². The zero-order chi connectivity index (χ0) is 14.1. The number of hydrogen-bond acceptors (Lipinski definition) is 3. The highest BCUT2D eigenvalue weighted by Gasteiger charge is 2.26. The summed E-state index contributed by atoms with van der Waals surface area (Å²) >= 11 is 4.15. The molecule has 1 N–H and O–H groups in total. The Balaban J connectivity index is 4.73. The summed E-state index contributed by atoms with van der Waals surface area (Å²) in [5, 5.41) is 2.66. The van der Waals surface area contributed by atoms with Crippen LogP contribution in [0.4, 0.5) is 0 Å². The maximum absolute atomic E-state index is 12.4. The van der Waals surface area contributed by atoms with Gasteiger partial charge < -0.3 is 10.2 Å². The first-order valence-electron chi connectivity index (χ1n) is 6.66. The van der Waals surface area contributed by atoms with Crippen LogP contribution >= 0.6 is 12.6 Å². The second-order valence-electron chi connectivity index (χ2n) is 4.58. The zero-order valence-corrected chi connectivity index (χ0v) is 12.8. The van der Waals surface area contributed by atoms with E-state index in [2.05, 4.69) is 31.8 Å². The van der Waals surface area contributed by atoms with E-state index < -0.39 is 6.04 Å². The molecule has 18 heavy (non-hydrogen) atoms. The van der Waals surface area contributed by atoms with Gasteiger partial charge in [-0.1, -0.05) is 20.3 Å². The minimum atomic E-state index is -0.517. The van der Waals surface area contributed by atoms with E-state index in [1.54, 1.807) is 0 Å². The predicted molar refractivity (Wildman–Crippen MR) is 77.8 cm³/mol. The molecule has 4 nitrogen and oxygen atoms in total. The molecule has 0 bridgehead atoms. The van der Waals surface area contributed by atoms with Crippen LogP contribution in [0.1, 0.15) is 47.0 Å². The Bertz CT molecular complexity index is 272. The van der Waals surface area contributed by atoms with E-state index in [1.165, 1.54) is 6.92 Å². The van der Waals surface area contributed by atoms with Gasteiger partial charge >= 0.3 is 0 Å². The molecule has 0 aromatic heterocycles. The molecule has 2 amide bonds. The van der Waals surface area contributed by atoms with Crippen molar-refractivity contribution in [1.29, 1.82) is 0 Å². The van der Waals surface area contributed by atoms with Crippen molar-refractivity contribution in [2.24, 2.45) is 0 Å². The fourth-order valence-electron chi connectivity index (χ4n) is 1.73. The average Bonchev–Trinajstić information content (AvgIpc) is 2.35. The van der Waals surface area contributed by atoms with Gasteiger partial charge in [-0.2, -0.15) is 12.6 Å².